The maximum atomic E-state index is 11.7. The quantitative estimate of drug-likeness (QED) is 0.758. The molecule has 1 aromatic rings. The highest BCUT2D eigenvalue weighted by Crippen LogP contribution is 2.22. The number of carbonyl (C=O) groups excluding carboxylic acids is 2. The summed E-state index contributed by atoms with van der Waals surface area (Å²) in [5, 5.41) is 0. The van der Waals surface area contributed by atoms with Crippen LogP contribution in [0.5, 0.6) is 0 Å². The molecule has 4 heteroatoms. The summed E-state index contributed by atoms with van der Waals surface area (Å²) in [7, 11) is 0. The highest BCUT2D eigenvalue weighted by molar-refractivity contribution is 6.16. The summed E-state index contributed by atoms with van der Waals surface area (Å²) in [5.41, 5.74) is 7.09. The Labute approximate surface area is 94.0 Å². The fourth-order valence-corrected chi connectivity index (χ4v) is 1.86. The minimum atomic E-state index is -0.120. The zero-order valence-electron chi connectivity index (χ0n) is 8.98. The maximum absolute atomic E-state index is 11.7. The van der Waals surface area contributed by atoms with Crippen molar-refractivity contribution in [1.29, 1.82) is 0 Å². The van der Waals surface area contributed by atoms with Gasteiger partial charge in [0.15, 0.2) is 0 Å². The second-order valence-electron chi connectivity index (χ2n) is 3.85. The topological polar surface area (TPSA) is 63.4 Å². The molecule has 0 unspecified atom stereocenters. The lowest BCUT2D eigenvalue weighted by atomic mass is 10.1. The van der Waals surface area contributed by atoms with Crippen LogP contribution in [-0.2, 0) is 16.1 Å². The summed E-state index contributed by atoms with van der Waals surface area (Å²) in [5.74, 6) is -0.240. The van der Waals surface area contributed by atoms with Crippen molar-refractivity contribution in [2.24, 2.45) is 5.73 Å². The van der Waals surface area contributed by atoms with Gasteiger partial charge in [-0.1, -0.05) is 12.1 Å². The van der Waals surface area contributed by atoms with E-state index in [4.69, 9.17) is 5.73 Å². The fourth-order valence-electron chi connectivity index (χ4n) is 1.86. The van der Waals surface area contributed by atoms with E-state index in [1.807, 2.05) is 12.1 Å². The van der Waals surface area contributed by atoms with Crippen LogP contribution in [0, 0.1) is 0 Å². The van der Waals surface area contributed by atoms with Crippen LogP contribution in [-0.4, -0.2) is 11.8 Å². The lowest BCUT2D eigenvalue weighted by Crippen LogP contribution is -2.40. The molecule has 1 heterocycles. The Morgan fingerprint density at radius 1 is 1.19 bits per heavy atom. The largest absolute Gasteiger partial charge is 0.326 e. The summed E-state index contributed by atoms with van der Waals surface area (Å²) in [6, 6.07) is 7.25. The summed E-state index contributed by atoms with van der Waals surface area (Å²) in [4.78, 5) is 24.6. The van der Waals surface area contributed by atoms with Crippen LogP contribution in [0.4, 0.5) is 5.69 Å². The van der Waals surface area contributed by atoms with Gasteiger partial charge in [0.2, 0.25) is 11.8 Å². The Morgan fingerprint density at radius 3 is 2.50 bits per heavy atom. The van der Waals surface area contributed by atoms with Gasteiger partial charge in [-0.25, -0.2) is 0 Å². The number of hydrogen-bond acceptors (Lipinski definition) is 3. The van der Waals surface area contributed by atoms with E-state index < -0.39 is 0 Å². The third-order valence-electron chi connectivity index (χ3n) is 2.68. The predicted octanol–water partition coefficient (Wildman–Crippen LogP) is 1.19. The Kier molecular flexibility index (Phi) is 3.01. The molecule has 0 aromatic heterocycles. The first kappa shape index (κ1) is 10.8. The number of piperidine rings is 1. The predicted molar refractivity (Wildman–Crippen MR) is 60.7 cm³/mol. The summed E-state index contributed by atoms with van der Waals surface area (Å²) in [6.45, 7) is 0.407. The van der Waals surface area contributed by atoms with Gasteiger partial charge in [-0.3, -0.25) is 14.5 Å². The number of amides is 2. The van der Waals surface area contributed by atoms with Gasteiger partial charge >= 0.3 is 0 Å². The van der Waals surface area contributed by atoms with Gasteiger partial charge in [0, 0.05) is 19.4 Å². The van der Waals surface area contributed by atoms with Gasteiger partial charge in [0.05, 0.1) is 5.69 Å². The first-order valence-electron chi connectivity index (χ1n) is 5.37. The minimum absolute atomic E-state index is 0.120. The van der Waals surface area contributed by atoms with Crippen LogP contribution >= 0.6 is 0 Å². The second-order valence-corrected chi connectivity index (χ2v) is 3.85. The Hall–Kier alpha value is -1.68. The number of hydrogen-bond donors (Lipinski definition) is 1. The van der Waals surface area contributed by atoms with E-state index in [9.17, 15) is 9.59 Å². The number of benzene rings is 1. The van der Waals surface area contributed by atoms with Crippen LogP contribution < -0.4 is 10.6 Å². The second kappa shape index (κ2) is 4.45. The molecule has 2 rings (SSSR count). The van der Waals surface area contributed by atoms with E-state index in [-0.39, 0.29) is 11.8 Å². The standard InChI is InChI=1S/C12H14N2O2/c13-8-9-3-1-4-10(7-9)14-11(15)5-2-6-12(14)16/h1,3-4,7H,2,5-6,8,13H2. The van der Waals surface area contributed by atoms with Gasteiger partial charge in [0.1, 0.15) is 0 Å². The monoisotopic (exact) mass is 218 g/mol. The van der Waals surface area contributed by atoms with Crippen LogP contribution in [0.3, 0.4) is 0 Å². The maximum Gasteiger partial charge on any atom is 0.233 e. The molecule has 16 heavy (non-hydrogen) atoms. The number of imide groups is 1. The number of rotatable bonds is 2. The van der Waals surface area contributed by atoms with Crippen molar-refractivity contribution in [3.8, 4) is 0 Å². The molecule has 2 amide bonds. The molecule has 84 valence electrons. The molecule has 0 spiro atoms. The van der Waals surface area contributed by atoms with Crippen LogP contribution in [0.25, 0.3) is 0 Å². The molecule has 1 aromatic carbocycles. The van der Waals surface area contributed by atoms with E-state index in [2.05, 4.69) is 0 Å². The molecular formula is C12H14N2O2. The van der Waals surface area contributed by atoms with Crippen molar-refractivity contribution in [3.05, 3.63) is 29.8 Å². The molecule has 0 radical (unpaired) electrons. The first-order chi connectivity index (χ1) is 7.72. The Morgan fingerprint density at radius 2 is 1.88 bits per heavy atom. The molecule has 0 atom stereocenters. The van der Waals surface area contributed by atoms with Crippen molar-refractivity contribution in [2.75, 3.05) is 4.90 Å². The molecule has 2 N–H and O–H groups in total. The Bertz CT molecular complexity index is 413. The molecule has 0 bridgehead atoms. The van der Waals surface area contributed by atoms with Crippen molar-refractivity contribution in [3.63, 3.8) is 0 Å². The van der Waals surface area contributed by atoms with Crippen LogP contribution in [0.1, 0.15) is 24.8 Å². The van der Waals surface area contributed by atoms with Gasteiger partial charge in [-0.2, -0.15) is 0 Å². The molecule has 4 nitrogen and oxygen atoms in total. The smallest absolute Gasteiger partial charge is 0.233 e. The van der Waals surface area contributed by atoms with Crippen molar-refractivity contribution < 1.29 is 9.59 Å². The van der Waals surface area contributed by atoms with Crippen molar-refractivity contribution in [2.45, 2.75) is 25.8 Å². The van der Waals surface area contributed by atoms with Crippen molar-refractivity contribution >= 4 is 17.5 Å². The summed E-state index contributed by atoms with van der Waals surface area (Å²) < 4.78 is 0. The molecule has 0 aliphatic carbocycles. The number of carbonyl (C=O) groups is 2. The highest BCUT2D eigenvalue weighted by Gasteiger charge is 2.27. The lowest BCUT2D eigenvalue weighted by molar-refractivity contribution is -0.129. The third kappa shape index (κ3) is 1.97. The van der Waals surface area contributed by atoms with Crippen molar-refractivity contribution in [1.82, 2.24) is 0 Å². The molecule has 1 fully saturated rings. The number of anilines is 1. The Balaban J connectivity index is 2.33. The van der Waals surface area contributed by atoms with E-state index in [1.165, 1.54) is 4.90 Å². The zero-order valence-corrected chi connectivity index (χ0v) is 8.98. The average Bonchev–Trinajstić information content (AvgIpc) is 2.29. The first-order valence-corrected chi connectivity index (χ1v) is 5.37. The molecular weight excluding hydrogens is 204 g/mol. The number of nitrogens with two attached hydrogens (primary N) is 1. The van der Waals surface area contributed by atoms with Gasteiger partial charge < -0.3 is 5.73 Å². The average molecular weight is 218 g/mol. The molecule has 1 aliphatic heterocycles. The summed E-state index contributed by atoms with van der Waals surface area (Å²) >= 11 is 0. The SMILES string of the molecule is NCc1cccc(N2C(=O)CCCC2=O)c1. The molecule has 1 saturated heterocycles. The third-order valence-corrected chi connectivity index (χ3v) is 2.68. The van der Waals surface area contributed by atoms with Crippen LogP contribution in [0.15, 0.2) is 24.3 Å². The molecule has 1 aliphatic rings. The van der Waals surface area contributed by atoms with Crippen LogP contribution in [0.2, 0.25) is 0 Å². The van der Waals surface area contributed by atoms with Gasteiger partial charge in [0.25, 0.3) is 0 Å². The number of nitrogens with zero attached hydrogens (tertiary/aromatic N) is 1. The normalized spacial score (nSPS) is 16.7. The lowest BCUT2D eigenvalue weighted by Gasteiger charge is -2.25. The fraction of sp³-hybridized carbons (Fsp3) is 0.333. The van der Waals surface area contributed by atoms with Gasteiger partial charge in [-0.05, 0) is 24.1 Å². The highest BCUT2D eigenvalue weighted by atomic mass is 16.2. The minimum Gasteiger partial charge on any atom is -0.326 e. The summed E-state index contributed by atoms with van der Waals surface area (Å²) in [6.07, 6.45) is 1.54. The van der Waals surface area contributed by atoms with E-state index in [0.717, 1.165) is 5.56 Å². The van der Waals surface area contributed by atoms with Gasteiger partial charge in [-0.15, -0.1) is 0 Å². The zero-order chi connectivity index (χ0) is 11.5. The molecule has 0 saturated carbocycles. The van der Waals surface area contributed by atoms with E-state index in [0.29, 0.717) is 31.5 Å². The van der Waals surface area contributed by atoms with E-state index in [1.54, 1.807) is 12.1 Å². The van der Waals surface area contributed by atoms with E-state index >= 15 is 0 Å².